The van der Waals surface area contributed by atoms with Gasteiger partial charge in [-0.3, -0.25) is 9.30 Å². The highest BCUT2D eigenvalue weighted by Crippen LogP contribution is 2.26. The van der Waals surface area contributed by atoms with Gasteiger partial charge in [-0.05, 0) is 32.4 Å². The van der Waals surface area contributed by atoms with Gasteiger partial charge in [0.25, 0.3) is 0 Å². The van der Waals surface area contributed by atoms with Crippen LogP contribution >= 0.6 is 0 Å². The lowest BCUT2D eigenvalue weighted by Crippen LogP contribution is -2.42. The Morgan fingerprint density at radius 1 is 1.12 bits per heavy atom. The van der Waals surface area contributed by atoms with Gasteiger partial charge in [0.15, 0.2) is 0 Å². The van der Waals surface area contributed by atoms with Gasteiger partial charge in [0.05, 0.1) is 17.9 Å². The predicted octanol–water partition coefficient (Wildman–Crippen LogP) is 3.31. The molecule has 4 rings (SSSR count). The van der Waals surface area contributed by atoms with Gasteiger partial charge in [0, 0.05) is 37.2 Å². The molecule has 3 aromatic rings. The Balaban J connectivity index is 1.54. The molecular formula is C20H24N4O. The molecule has 3 heterocycles. The van der Waals surface area contributed by atoms with Gasteiger partial charge in [0.2, 0.25) is 5.78 Å². The summed E-state index contributed by atoms with van der Waals surface area (Å²) in [6, 6.07) is 12.5. The number of benzene rings is 1. The molecular weight excluding hydrogens is 312 g/mol. The maximum Gasteiger partial charge on any atom is 0.234 e. The van der Waals surface area contributed by atoms with E-state index in [1.165, 1.54) is 11.3 Å². The fraction of sp³-hybridized carbons (Fsp3) is 0.400. The van der Waals surface area contributed by atoms with Crippen molar-refractivity contribution in [2.45, 2.75) is 39.5 Å². The largest absolute Gasteiger partial charge is 0.368 e. The van der Waals surface area contributed by atoms with Crippen LogP contribution in [0.5, 0.6) is 0 Å². The summed E-state index contributed by atoms with van der Waals surface area (Å²) in [5, 5.41) is 0. The minimum atomic E-state index is 0.115. The number of ether oxygens (including phenoxy) is 1. The maximum absolute atomic E-state index is 6.15. The second kappa shape index (κ2) is 6.58. The second-order valence-electron chi connectivity index (χ2n) is 6.98. The summed E-state index contributed by atoms with van der Waals surface area (Å²) < 4.78 is 8.22. The van der Waals surface area contributed by atoms with Crippen molar-refractivity contribution in [3.63, 3.8) is 0 Å². The molecule has 1 saturated heterocycles. The molecule has 1 aliphatic heterocycles. The molecule has 0 aliphatic carbocycles. The highest BCUT2D eigenvalue weighted by molar-refractivity contribution is 5.34. The molecule has 0 spiro atoms. The monoisotopic (exact) mass is 336 g/mol. The molecule has 1 fully saturated rings. The molecule has 2 aromatic heterocycles. The molecule has 2 atom stereocenters. The number of aromatic nitrogens is 3. The number of fused-ring (bicyclic) bond motifs is 1. The van der Waals surface area contributed by atoms with Crippen LogP contribution in [0.1, 0.15) is 35.7 Å². The molecule has 130 valence electrons. The van der Waals surface area contributed by atoms with Crippen LogP contribution in [0, 0.1) is 13.8 Å². The maximum atomic E-state index is 6.15. The Labute approximate surface area is 148 Å². The number of nitrogens with zero attached hydrogens (tertiary/aromatic N) is 4. The second-order valence-corrected chi connectivity index (χ2v) is 6.98. The van der Waals surface area contributed by atoms with Crippen LogP contribution in [0.25, 0.3) is 5.78 Å². The van der Waals surface area contributed by atoms with Gasteiger partial charge in [0.1, 0.15) is 0 Å². The molecule has 0 radical (unpaired) electrons. The van der Waals surface area contributed by atoms with E-state index in [9.17, 15) is 0 Å². The minimum absolute atomic E-state index is 0.115. The SMILES string of the molecule is Cc1cc(C)n2cc(CN3C[C@H](C)O[C@@H](c4ccccc4)C3)nc2n1. The van der Waals surface area contributed by atoms with Gasteiger partial charge in [-0.1, -0.05) is 30.3 Å². The first-order chi connectivity index (χ1) is 12.1. The van der Waals surface area contributed by atoms with E-state index >= 15 is 0 Å². The first kappa shape index (κ1) is 16.2. The van der Waals surface area contributed by atoms with E-state index in [4.69, 9.17) is 9.72 Å². The van der Waals surface area contributed by atoms with Crippen LogP contribution in [0.3, 0.4) is 0 Å². The third-order valence-corrected chi connectivity index (χ3v) is 4.70. The highest BCUT2D eigenvalue weighted by Gasteiger charge is 2.26. The molecule has 1 aliphatic rings. The van der Waals surface area contributed by atoms with Crippen molar-refractivity contribution in [2.75, 3.05) is 13.1 Å². The summed E-state index contributed by atoms with van der Waals surface area (Å²) >= 11 is 0. The normalized spacial score (nSPS) is 21.7. The summed E-state index contributed by atoms with van der Waals surface area (Å²) in [4.78, 5) is 11.7. The fourth-order valence-electron chi connectivity index (χ4n) is 3.64. The molecule has 1 aromatic carbocycles. The lowest BCUT2D eigenvalue weighted by Gasteiger charge is -2.36. The standard InChI is InChI=1S/C20H24N4O/c1-14-9-15(2)24-12-18(22-20(24)21-14)11-23-10-16(3)25-19(13-23)17-7-5-4-6-8-17/h4-9,12,16,19H,10-11,13H2,1-3H3/t16-,19+/m0/s1. The molecule has 0 saturated carbocycles. The third-order valence-electron chi connectivity index (χ3n) is 4.70. The van der Waals surface area contributed by atoms with Crippen molar-refractivity contribution in [3.8, 4) is 0 Å². The number of hydrogen-bond donors (Lipinski definition) is 0. The molecule has 0 N–H and O–H groups in total. The predicted molar refractivity (Wildman–Crippen MR) is 97.5 cm³/mol. The van der Waals surface area contributed by atoms with E-state index < -0.39 is 0 Å². The van der Waals surface area contributed by atoms with Gasteiger partial charge in [-0.25, -0.2) is 9.97 Å². The Morgan fingerprint density at radius 2 is 1.92 bits per heavy atom. The van der Waals surface area contributed by atoms with E-state index in [-0.39, 0.29) is 12.2 Å². The summed E-state index contributed by atoms with van der Waals surface area (Å²) in [5.74, 6) is 0.786. The number of morpholine rings is 1. The Morgan fingerprint density at radius 3 is 2.72 bits per heavy atom. The van der Waals surface area contributed by atoms with Crippen molar-refractivity contribution < 1.29 is 4.74 Å². The summed E-state index contributed by atoms with van der Waals surface area (Å²) in [6.45, 7) is 8.86. The third kappa shape index (κ3) is 3.43. The number of rotatable bonds is 3. The molecule has 25 heavy (non-hydrogen) atoms. The summed E-state index contributed by atoms with van der Waals surface area (Å²) in [6.07, 6.45) is 2.43. The number of aryl methyl sites for hydroxylation is 2. The van der Waals surface area contributed by atoms with E-state index in [0.29, 0.717) is 0 Å². The average Bonchev–Trinajstić information content (AvgIpc) is 2.97. The molecule has 0 amide bonds. The van der Waals surface area contributed by atoms with Gasteiger partial charge >= 0.3 is 0 Å². The molecule has 0 bridgehead atoms. The van der Waals surface area contributed by atoms with E-state index in [1.807, 2.05) is 13.0 Å². The van der Waals surface area contributed by atoms with Crippen molar-refractivity contribution in [1.29, 1.82) is 0 Å². The summed E-state index contributed by atoms with van der Waals surface area (Å²) in [5.41, 5.74) is 4.47. The average molecular weight is 336 g/mol. The Kier molecular flexibility index (Phi) is 4.27. The number of imidazole rings is 1. The zero-order valence-electron chi connectivity index (χ0n) is 15.0. The van der Waals surface area contributed by atoms with E-state index in [2.05, 4.69) is 64.7 Å². The Hall–Kier alpha value is -2.24. The zero-order chi connectivity index (χ0) is 17.4. The van der Waals surface area contributed by atoms with Crippen molar-refractivity contribution in [3.05, 3.63) is 65.2 Å². The van der Waals surface area contributed by atoms with Gasteiger partial charge in [-0.15, -0.1) is 0 Å². The van der Waals surface area contributed by atoms with E-state index in [1.54, 1.807) is 0 Å². The van der Waals surface area contributed by atoms with Gasteiger partial charge < -0.3 is 4.74 Å². The first-order valence-electron chi connectivity index (χ1n) is 8.83. The topological polar surface area (TPSA) is 42.7 Å². The van der Waals surface area contributed by atoms with Crippen molar-refractivity contribution >= 4 is 5.78 Å². The smallest absolute Gasteiger partial charge is 0.234 e. The van der Waals surface area contributed by atoms with Crippen molar-refractivity contribution in [2.24, 2.45) is 0 Å². The van der Waals surface area contributed by atoms with Crippen molar-refractivity contribution in [1.82, 2.24) is 19.3 Å². The zero-order valence-corrected chi connectivity index (χ0v) is 15.0. The lowest BCUT2D eigenvalue weighted by molar-refractivity contribution is -0.0816. The minimum Gasteiger partial charge on any atom is -0.368 e. The summed E-state index contributed by atoms with van der Waals surface area (Å²) in [7, 11) is 0. The number of hydrogen-bond acceptors (Lipinski definition) is 4. The van der Waals surface area contributed by atoms with Crippen LogP contribution in [-0.2, 0) is 11.3 Å². The van der Waals surface area contributed by atoms with Crippen LogP contribution in [0.2, 0.25) is 0 Å². The van der Waals surface area contributed by atoms with Gasteiger partial charge in [-0.2, -0.15) is 0 Å². The van der Waals surface area contributed by atoms with Crippen LogP contribution in [0.4, 0.5) is 0 Å². The molecule has 5 nitrogen and oxygen atoms in total. The lowest BCUT2D eigenvalue weighted by atomic mass is 10.1. The van der Waals surface area contributed by atoms with E-state index in [0.717, 1.165) is 36.8 Å². The fourth-order valence-corrected chi connectivity index (χ4v) is 3.64. The first-order valence-corrected chi connectivity index (χ1v) is 8.83. The van der Waals surface area contributed by atoms with Crippen LogP contribution in [-0.4, -0.2) is 38.5 Å². The molecule has 5 heteroatoms. The molecule has 0 unspecified atom stereocenters. The quantitative estimate of drug-likeness (QED) is 0.736. The highest BCUT2D eigenvalue weighted by atomic mass is 16.5. The van der Waals surface area contributed by atoms with Crippen LogP contribution < -0.4 is 0 Å². The Bertz CT molecular complexity index is 874. The van der Waals surface area contributed by atoms with Crippen LogP contribution in [0.15, 0.2) is 42.6 Å².